The summed E-state index contributed by atoms with van der Waals surface area (Å²) in [6.45, 7) is 12.4. The first kappa shape index (κ1) is 22.2. The smallest absolute Gasteiger partial charge is 0.0725 e. The predicted octanol–water partition coefficient (Wildman–Crippen LogP) is 3.35. The molecule has 0 aliphatic heterocycles. The molecule has 0 aliphatic rings. The average Bonchev–Trinajstić information content (AvgIpc) is 2.65. The van der Waals surface area contributed by atoms with Gasteiger partial charge in [-0.25, -0.2) is 0 Å². The summed E-state index contributed by atoms with van der Waals surface area (Å²) in [7, 11) is 0. The quantitative estimate of drug-likeness (QED) is 0.641. The van der Waals surface area contributed by atoms with Crippen LogP contribution in [0.1, 0.15) is 112 Å². The number of hydrogen-bond acceptors (Lipinski definition) is 4. The van der Waals surface area contributed by atoms with Gasteiger partial charge in [-0.3, -0.25) is 0 Å². The van der Waals surface area contributed by atoms with Crippen molar-refractivity contribution < 1.29 is 19.8 Å². The zero-order valence-electron chi connectivity index (χ0n) is 17.0. The molecule has 0 atom stereocenters. The highest BCUT2D eigenvalue weighted by Crippen LogP contribution is 2.47. The van der Waals surface area contributed by atoms with E-state index in [0.717, 1.165) is 44.1 Å². The highest BCUT2D eigenvalue weighted by Gasteiger charge is 2.38. The summed E-state index contributed by atoms with van der Waals surface area (Å²) in [5, 5.41) is 23.7. The number of carboxylic acids is 2. The molecule has 0 saturated heterocycles. The van der Waals surface area contributed by atoms with Crippen LogP contribution in [0.2, 0.25) is 0 Å². The van der Waals surface area contributed by atoms with Gasteiger partial charge in [0.05, 0.1) is 11.9 Å². The summed E-state index contributed by atoms with van der Waals surface area (Å²) in [5.74, 6) is -2.90. The number of carbonyl (C=O) groups is 2. The van der Waals surface area contributed by atoms with E-state index in [9.17, 15) is 19.8 Å². The van der Waals surface area contributed by atoms with Gasteiger partial charge in [-0.15, -0.1) is 0 Å². The lowest BCUT2D eigenvalue weighted by atomic mass is 9.62. The summed E-state index contributed by atoms with van der Waals surface area (Å²) in [4.78, 5) is 23.7. The molecule has 1 rings (SSSR count). The minimum Gasteiger partial charge on any atom is -0.545 e. The molecule has 1 aromatic carbocycles. The Labute approximate surface area is 157 Å². The number of benzene rings is 1. The average molecular weight is 360 g/mol. The van der Waals surface area contributed by atoms with E-state index in [4.69, 9.17) is 0 Å². The van der Waals surface area contributed by atoms with Crippen LogP contribution in [0.25, 0.3) is 0 Å². The normalized spacial score (nSPS) is 12.2. The van der Waals surface area contributed by atoms with Crippen LogP contribution in [0.15, 0.2) is 12.1 Å². The topological polar surface area (TPSA) is 80.3 Å². The first-order chi connectivity index (χ1) is 12.2. The van der Waals surface area contributed by atoms with Crippen molar-refractivity contribution in [1.29, 1.82) is 0 Å². The van der Waals surface area contributed by atoms with Crippen LogP contribution in [-0.4, -0.2) is 11.9 Å². The van der Waals surface area contributed by atoms with E-state index in [1.165, 1.54) is 6.07 Å². The van der Waals surface area contributed by atoms with Gasteiger partial charge in [-0.1, -0.05) is 53.7 Å². The van der Waals surface area contributed by atoms with Gasteiger partial charge in [-0.05, 0) is 60.5 Å². The van der Waals surface area contributed by atoms with E-state index < -0.39 is 17.4 Å². The highest BCUT2D eigenvalue weighted by atomic mass is 16.4. The molecule has 0 bridgehead atoms. The van der Waals surface area contributed by atoms with Crippen LogP contribution in [0.4, 0.5) is 0 Å². The molecule has 146 valence electrons. The Morgan fingerprint density at radius 1 is 0.731 bits per heavy atom. The largest absolute Gasteiger partial charge is 0.545 e. The molecule has 0 N–H and O–H groups in total. The number of aromatic carboxylic acids is 2. The lowest BCUT2D eigenvalue weighted by Crippen LogP contribution is -2.39. The number of carbonyl (C=O) groups excluding carboxylic acids is 2. The lowest BCUT2D eigenvalue weighted by Gasteiger charge is -2.42. The monoisotopic (exact) mass is 360 g/mol. The minimum atomic E-state index is -1.47. The molecule has 4 nitrogen and oxygen atoms in total. The van der Waals surface area contributed by atoms with Crippen LogP contribution >= 0.6 is 0 Å². The Hall–Kier alpha value is -1.84. The Bertz CT molecular complexity index is 636. The van der Waals surface area contributed by atoms with Crippen molar-refractivity contribution in [1.82, 2.24) is 0 Å². The standard InChI is InChI=1S/C22H34O4/c1-7-21(8-2,9-3)16-14-13-15(19(23)24)17(20(25)26)18(16)22(10-4,11-5)12-6/h13-14H,7-12H2,1-6H3,(H,23,24)(H,25,26)/p-2. The van der Waals surface area contributed by atoms with Gasteiger partial charge in [0.2, 0.25) is 0 Å². The summed E-state index contributed by atoms with van der Waals surface area (Å²) < 4.78 is 0. The van der Waals surface area contributed by atoms with Gasteiger partial charge in [0, 0.05) is 11.1 Å². The maximum Gasteiger partial charge on any atom is 0.0725 e. The second-order valence-electron chi connectivity index (χ2n) is 7.17. The minimum absolute atomic E-state index is 0.186. The highest BCUT2D eigenvalue weighted by molar-refractivity contribution is 6.02. The van der Waals surface area contributed by atoms with E-state index >= 15 is 0 Å². The molecule has 0 aromatic heterocycles. The van der Waals surface area contributed by atoms with Gasteiger partial charge in [0.15, 0.2) is 0 Å². The van der Waals surface area contributed by atoms with E-state index in [1.54, 1.807) is 0 Å². The molecule has 26 heavy (non-hydrogen) atoms. The Morgan fingerprint density at radius 3 is 1.46 bits per heavy atom. The first-order valence-electron chi connectivity index (χ1n) is 9.84. The van der Waals surface area contributed by atoms with Gasteiger partial charge < -0.3 is 19.8 Å². The van der Waals surface area contributed by atoms with Crippen molar-refractivity contribution in [3.05, 3.63) is 34.4 Å². The number of carboxylic acid groups (broad SMARTS) is 2. The Kier molecular flexibility index (Phi) is 7.43. The lowest BCUT2D eigenvalue weighted by molar-refractivity contribution is -0.259. The third kappa shape index (κ3) is 3.51. The van der Waals surface area contributed by atoms with Crippen molar-refractivity contribution in [3.63, 3.8) is 0 Å². The van der Waals surface area contributed by atoms with Crippen molar-refractivity contribution in [2.45, 2.75) is 90.9 Å². The number of rotatable bonds is 10. The maximum absolute atomic E-state index is 12.1. The SMILES string of the molecule is CCC(CC)(CC)c1ccc(C(=O)[O-])c(C(=O)[O-])c1C(CC)(CC)CC. The second kappa shape index (κ2) is 8.70. The third-order valence-corrected chi connectivity index (χ3v) is 6.79. The fraction of sp³-hybridized carbons (Fsp3) is 0.636. The van der Waals surface area contributed by atoms with Crippen molar-refractivity contribution in [3.8, 4) is 0 Å². The van der Waals surface area contributed by atoms with Gasteiger partial charge in [0.25, 0.3) is 0 Å². The number of hydrogen-bond donors (Lipinski definition) is 0. The molecule has 0 heterocycles. The van der Waals surface area contributed by atoms with Crippen LogP contribution in [-0.2, 0) is 10.8 Å². The van der Waals surface area contributed by atoms with E-state index in [1.807, 2.05) is 26.8 Å². The molecule has 0 fully saturated rings. The summed E-state index contributed by atoms with van der Waals surface area (Å²) in [6.07, 6.45) is 4.77. The zero-order valence-corrected chi connectivity index (χ0v) is 17.0. The summed E-state index contributed by atoms with van der Waals surface area (Å²) in [5.41, 5.74) is 0.556. The maximum atomic E-state index is 12.1. The fourth-order valence-electron chi connectivity index (χ4n) is 4.58. The van der Waals surface area contributed by atoms with E-state index in [0.29, 0.717) is 5.56 Å². The molecule has 0 amide bonds. The van der Waals surface area contributed by atoms with Gasteiger partial charge in [0.1, 0.15) is 0 Å². The predicted molar refractivity (Wildman–Crippen MR) is 100 cm³/mol. The Morgan fingerprint density at radius 2 is 1.15 bits per heavy atom. The third-order valence-electron chi connectivity index (χ3n) is 6.79. The van der Waals surface area contributed by atoms with Crippen LogP contribution in [0, 0.1) is 0 Å². The fourth-order valence-corrected chi connectivity index (χ4v) is 4.58. The van der Waals surface area contributed by atoms with Crippen LogP contribution < -0.4 is 10.2 Å². The molecule has 0 spiro atoms. The van der Waals surface area contributed by atoms with Crippen molar-refractivity contribution in [2.24, 2.45) is 0 Å². The van der Waals surface area contributed by atoms with E-state index in [-0.39, 0.29) is 16.5 Å². The van der Waals surface area contributed by atoms with E-state index in [2.05, 4.69) is 20.8 Å². The Balaban J connectivity index is 4.15. The molecule has 0 unspecified atom stereocenters. The van der Waals surface area contributed by atoms with Crippen LogP contribution in [0.5, 0.6) is 0 Å². The molecular formula is C22H32O4-2. The molecular weight excluding hydrogens is 328 g/mol. The van der Waals surface area contributed by atoms with Crippen LogP contribution in [0.3, 0.4) is 0 Å². The summed E-state index contributed by atoms with van der Waals surface area (Å²) >= 11 is 0. The van der Waals surface area contributed by atoms with Gasteiger partial charge >= 0.3 is 0 Å². The van der Waals surface area contributed by atoms with Gasteiger partial charge in [-0.2, -0.15) is 0 Å². The molecule has 0 saturated carbocycles. The summed E-state index contributed by atoms with van der Waals surface area (Å²) in [6, 6.07) is 3.21. The first-order valence-corrected chi connectivity index (χ1v) is 9.84. The molecule has 1 aromatic rings. The molecule has 0 aliphatic carbocycles. The zero-order chi connectivity index (χ0) is 20.1. The molecule has 4 heteroatoms. The van der Waals surface area contributed by atoms with Crippen molar-refractivity contribution >= 4 is 11.9 Å². The molecule has 0 radical (unpaired) electrons. The van der Waals surface area contributed by atoms with Crippen molar-refractivity contribution in [2.75, 3.05) is 0 Å². The second-order valence-corrected chi connectivity index (χ2v) is 7.17.